The van der Waals surface area contributed by atoms with Crippen molar-refractivity contribution in [3.05, 3.63) is 102 Å². The molecule has 0 heterocycles. The number of rotatable bonds is 3. The molecule has 0 aromatic heterocycles. The maximum atomic E-state index is 6.33. The van der Waals surface area contributed by atoms with Gasteiger partial charge in [-0.25, -0.2) is 0 Å². The van der Waals surface area contributed by atoms with Gasteiger partial charge >= 0.3 is 0 Å². The fourth-order valence-electron chi connectivity index (χ4n) is 3.71. The standard InChI is InChI=1S/C26H23N/c1-3-4-13-25(27)21-14-18(2)15-22(17-21)26-23-11-7-5-9-19(23)16-20-10-6-8-12-24(20)26/h3-17H,27H2,1-2H3/b4-3-,25-13-. The first-order valence-corrected chi connectivity index (χ1v) is 9.29. The highest BCUT2D eigenvalue weighted by molar-refractivity contribution is 6.12. The second kappa shape index (κ2) is 7.13. The van der Waals surface area contributed by atoms with E-state index in [1.165, 1.54) is 38.2 Å². The summed E-state index contributed by atoms with van der Waals surface area (Å²) in [6.07, 6.45) is 5.92. The van der Waals surface area contributed by atoms with E-state index in [1.807, 2.05) is 25.2 Å². The Morgan fingerprint density at radius 2 is 1.44 bits per heavy atom. The number of nitrogens with two attached hydrogens (primary N) is 1. The lowest BCUT2D eigenvalue weighted by Gasteiger charge is -2.14. The van der Waals surface area contributed by atoms with E-state index in [0.29, 0.717) is 0 Å². The van der Waals surface area contributed by atoms with E-state index >= 15 is 0 Å². The lowest BCUT2D eigenvalue weighted by Crippen LogP contribution is -1.97. The van der Waals surface area contributed by atoms with E-state index in [9.17, 15) is 0 Å². The van der Waals surface area contributed by atoms with Gasteiger partial charge in [0.1, 0.15) is 0 Å². The minimum Gasteiger partial charge on any atom is -0.398 e. The molecule has 4 aromatic rings. The van der Waals surface area contributed by atoms with Crippen molar-refractivity contribution < 1.29 is 0 Å². The molecule has 27 heavy (non-hydrogen) atoms. The molecule has 1 heteroatoms. The van der Waals surface area contributed by atoms with Gasteiger partial charge in [0, 0.05) is 5.70 Å². The Morgan fingerprint density at radius 3 is 2.07 bits per heavy atom. The summed E-state index contributed by atoms with van der Waals surface area (Å²) in [5.74, 6) is 0. The molecule has 2 N–H and O–H groups in total. The third kappa shape index (κ3) is 3.24. The Labute approximate surface area is 160 Å². The molecule has 0 fully saturated rings. The molecule has 0 aliphatic carbocycles. The number of hydrogen-bond donors (Lipinski definition) is 1. The highest BCUT2D eigenvalue weighted by Crippen LogP contribution is 2.37. The van der Waals surface area contributed by atoms with Gasteiger partial charge in [-0.1, -0.05) is 66.7 Å². The average Bonchev–Trinajstić information content (AvgIpc) is 2.69. The van der Waals surface area contributed by atoms with Crippen molar-refractivity contribution in [3.8, 4) is 11.1 Å². The maximum absolute atomic E-state index is 6.33. The van der Waals surface area contributed by atoms with Gasteiger partial charge < -0.3 is 5.73 Å². The lowest BCUT2D eigenvalue weighted by molar-refractivity contribution is 1.42. The zero-order valence-electron chi connectivity index (χ0n) is 15.7. The van der Waals surface area contributed by atoms with Crippen LogP contribution in [0.15, 0.2) is 91.0 Å². The summed E-state index contributed by atoms with van der Waals surface area (Å²) >= 11 is 0. The van der Waals surface area contributed by atoms with Crippen LogP contribution in [0.5, 0.6) is 0 Å². The minimum atomic E-state index is 0.780. The van der Waals surface area contributed by atoms with Crippen LogP contribution >= 0.6 is 0 Å². The molecule has 0 saturated heterocycles. The predicted molar refractivity (Wildman–Crippen MR) is 119 cm³/mol. The summed E-state index contributed by atoms with van der Waals surface area (Å²) in [6.45, 7) is 4.12. The van der Waals surface area contributed by atoms with Crippen LogP contribution in [0.4, 0.5) is 0 Å². The molecule has 0 saturated carbocycles. The summed E-state index contributed by atoms with van der Waals surface area (Å²) < 4.78 is 0. The summed E-state index contributed by atoms with van der Waals surface area (Å²) in [5, 5.41) is 5.05. The molecule has 0 bridgehead atoms. The second-order valence-corrected chi connectivity index (χ2v) is 6.93. The molecule has 0 atom stereocenters. The van der Waals surface area contributed by atoms with Crippen LogP contribution in [-0.4, -0.2) is 0 Å². The van der Waals surface area contributed by atoms with Crippen molar-refractivity contribution in [1.29, 1.82) is 0 Å². The molecular weight excluding hydrogens is 326 g/mol. The number of benzene rings is 4. The number of allylic oxidation sites excluding steroid dienone is 3. The van der Waals surface area contributed by atoms with E-state index < -0.39 is 0 Å². The van der Waals surface area contributed by atoms with E-state index in [-0.39, 0.29) is 0 Å². The van der Waals surface area contributed by atoms with Crippen LogP contribution in [0.1, 0.15) is 18.1 Å². The van der Waals surface area contributed by atoms with Gasteiger partial charge in [0.25, 0.3) is 0 Å². The van der Waals surface area contributed by atoms with Gasteiger partial charge in [-0.2, -0.15) is 0 Å². The highest BCUT2D eigenvalue weighted by atomic mass is 14.6. The maximum Gasteiger partial charge on any atom is 0.0387 e. The smallest absolute Gasteiger partial charge is 0.0387 e. The van der Waals surface area contributed by atoms with Crippen LogP contribution in [0.2, 0.25) is 0 Å². The highest BCUT2D eigenvalue weighted by Gasteiger charge is 2.11. The molecule has 0 aliphatic rings. The van der Waals surface area contributed by atoms with Crippen molar-refractivity contribution in [3.63, 3.8) is 0 Å². The summed E-state index contributed by atoms with van der Waals surface area (Å²) in [4.78, 5) is 0. The fourth-order valence-corrected chi connectivity index (χ4v) is 3.71. The topological polar surface area (TPSA) is 26.0 Å². The first-order valence-electron chi connectivity index (χ1n) is 9.29. The van der Waals surface area contributed by atoms with Gasteiger partial charge in [0.2, 0.25) is 0 Å². The molecule has 0 radical (unpaired) electrons. The molecular formula is C26H23N. The normalized spacial score (nSPS) is 12.3. The molecule has 0 amide bonds. The Hall–Kier alpha value is -3.32. The van der Waals surface area contributed by atoms with Crippen molar-refractivity contribution in [2.75, 3.05) is 0 Å². The molecule has 132 valence electrons. The SMILES string of the molecule is C/C=C\C=C(/N)c1cc(C)cc(-c2c3ccccc3cc3ccccc23)c1. The molecule has 0 unspecified atom stereocenters. The zero-order valence-corrected chi connectivity index (χ0v) is 15.7. The third-order valence-corrected chi connectivity index (χ3v) is 4.94. The number of hydrogen-bond acceptors (Lipinski definition) is 1. The average molecular weight is 349 g/mol. The first kappa shape index (κ1) is 17.1. The quantitative estimate of drug-likeness (QED) is 0.318. The van der Waals surface area contributed by atoms with E-state index in [0.717, 1.165) is 11.3 Å². The Balaban J connectivity index is 2.05. The van der Waals surface area contributed by atoms with E-state index in [1.54, 1.807) is 0 Å². The first-order chi connectivity index (χ1) is 13.2. The van der Waals surface area contributed by atoms with Gasteiger partial charge in [0.15, 0.2) is 0 Å². The minimum absolute atomic E-state index is 0.780. The van der Waals surface area contributed by atoms with E-state index in [2.05, 4.69) is 79.7 Å². The monoisotopic (exact) mass is 349 g/mol. The second-order valence-electron chi connectivity index (χ2n) is 6.93. The van der Waals surface area contributed by atoms with Gasteiger partial charge in [-0.05, 0) is 81.9 Å². The van der Waals surface area contributed by atoms with Crippen molar-refractivity contribution in [2.45, 2.75) is 13.8 Å². The predicted octanol–water partition coefficient (Wildman–Crippen LogP) is 6.84. The molecule has 4 aromatic carbocycles. The molecule has 1 nitrogen and oxygen atoms in total. The van der Waals surface area contributed by atoms with Gasteiger partial charge in [0.05, 0.1) is 0 Å². The molecule has 0 aliphatic heterocycles. The van der Waals surface area contributed by atoms with Crippen LogP contribution < -0.4 is 5.73 Å². The number of aryl methyl sites for hydroxylation is 1. The third-order valence-electron chi connectivity index (χ3n) is 4.94. The molecule has 4 rings (SSSR count). The largest absolute Gasteiger partial charge is 0.398 e. The van der Waals surface area contributed by atoms with Crippen LogP contribution in [-0.2, 0) is 0 Å². The number of fused-ring (bicyclic) bond motifs is 2. The van der Waals surface area contributed by atoms with Crippen LogP contribution in [0, 0.1) is 6.92 Å². The van der Waals surface area contributed by atoms with Crippen LogP contribution in [0.25, 0.3) is 38.4 Å². The fraction of sp³-hybridized carbons (Fsp3) is 0.0769. The zero-order chi connectivity index (χ0) is 18.8. The van der Waals surface area contributed by atoms with Crippen LogP contribution in [0.3, 0.4) is 0 Å². The Kier molecular flexibility index (Phi) is 4.52. The summed E-state index contributed by atoms with van der Waals surface area (Å²) in [6, 6.07) is 26.1. The van der Waals surface area contributed by atoms with Crippen molar-refractivity contribution in [1.82, 2.24) is 0 Å². The van der Waals surface area contributed by atoms with Gasteiger partial charge in [-0.15, -0.1) is 0 Å². The lowest BCUT2D eigenvalue weighted by atomic mass is 9.90. The Bertz CT molecular complexity index is 1140. The van der Waals surface area contributed by atoms with E-state index in [4.69, 9.17) is 5.73 Å². The van der Waals surface area contributed by atoms with Gasteiger partial charge in [-0.3, -0.25) is 0 Å². The summed E-state index contributed by atoms with van der Waals surface area (Å²) in [5.41, 5.74) is 11.8. The van der Waals surface area contributed by atoms with Crippen molar-refractivity contribution in [2.24, 2.45) is 5.73 Å². The molecule has 0 spiro atoms. The van der Waals surface area contributed by atoms with Crippen molar-refractivity contribution >= 4 is 27.2 Å². The Morgan fingerprint density at radius 1 is 0.815 bits per heavy atom. The summed E-state index contributed by atoms with van der Waals surface area (Å²) in [7, 11) is 0.